The summed E-state index contributed by atoms with van der Waals surface area (Å²) in [6, 6.07) is 15.2. The van der Waals surface area contributed by atoms with Crippen molar-refractivity contribution >= 4 is 17.3 Å². The summed E-state index contributed by atoms with van der Waals surface area (Å²) >= 11 is 0. The lowest BCUT2D eigenvalue weighted by atomic mass is 9.97. The minimum atomic E-state index is -0.458. The number of amides is 1. The lowest BCUT2D eigenvalue weighted by Gasteiger charge is -2.46. The number of fused-ring (bicyclic) bond motifs is 1. The molecule has 3 rings (SSSR count). The van der Waals surface area contributed by atoms with Crippen molar-refractivity contribution in [3.8, 4) is 5.75 Å². The smallest absolute Gasteiger partial charge is 0.262 e. The highest BCUT2D eigenvalue weighted by Crippen LogP contribution is 2.37. The highest BCUT2D eigenvalue weighted by atomic mass is 16.5. The molecule has 1 heterocycles. The Hall–Kier alpha value is -2.49. The first-order chi connectivity index (χ1) is 10.6. The molecule has 0 spiro atoms. The molecular weight excluding hydrogens is 276 g/mol. The van der Waals surface area contributed by atoms with Crippen LogP contribution in [0.3, 0.4) is 0 Å². The second-order valence-corrected chi connectivity index (χ2v) is 5.64. The number of para-hydroxylation sites is 1. The first-order valence-electron chi connectivity index (χ1n) is 7.45. The van der Waals surface area contributed by atoms with Crippen LogP contribution in [0.25, 0.3) is 0 Å². The van der Waals surface area contributed by atoms with E-state index in [-0.39, 0.29) is 5.91 Å². The molecule has 1 aliphatic rings. The van der Waals surface area contributed by atoms with Gasteiger partial charge in [-0.15, -0.1) is 0 Å². The minimum absolute atomic E-state index is 0.0175. The molecular formula is C18H20N2O2. The zero-order valence-electron chi connectivity index (χ0n) is 13.1. The Morgan fingerprint density at radius 2 is 1.82 bits per heavy atom. The van der Waals surface area contributed by atoms with Crippen molar-refractivity contribution < 1.29 is 9.53 Å². The second-order valence-electron chi connectivity index (χ2n) is 5.64. The number of nitrogens with zero attached hydrogens (tertiary/aromatic N) is 1. The van der Waals surface area contributed by atoms with E-state index in [9.17, 15) is 4.79 Å². The number of anilines is 2. The van der Waals surface area contributed by atoms with Crippen molar-refractivity contribution in [2.75, 3.05) is 17.3 Å². The molecule has 4 heteroatoms. The van der Waals surface area contributed by atoms with Gasteiger partial charge in [-0.25, -0.2) is 0 Å². The molecule has 1 atom stereocenters. The van der Waals surface area contributed by atoms with E-state index in [4.69, 9.17) is 4.74 Å². The number of nitrogens with one attached hydrogen (secondary N) is 1. The van der Waals surface area contributed by atoms with Crippen LogP contribution >= 0.6 is 0 Å². The minimum Gasteiger partial charge on any atom is -0.497 e. The van der Waals surface area contributed by atoms with Crippen LogP contribution in [0.15, 0.2) is 48.5 Å². The molecule has 2 aromatic carbocycles. The summed E-state index contributed by atoms with van der Waals surface area (Å²) in [5.41, 5.74) is 1.99. The van der Waals surface area contributed by atoms with Crippen LogP contribution in [0.5, 0.6) is 5.75 Å². The Bertz CT molecular complexity index is 696. The number of hydrogen-bond donors (Lipinski definition) is 1. The fourth-order valence-electron chi connectivity index (χ4n) is 2.85. The number of ether oxygens (including phenoxy) is 1. The van der Waals surface area contributed by atoms with Gasteiger partial charge in [-0.05, 0) is 49.7 Å². The molecule has 1 N–H and O–H groups in total. The van der Waals surface area contributed by atoms with Crippen molar-refractivity contribution in [1.29, 1.82) is 0 Å². The summed E-state index contributed by atoms with van der Waals surface area (Å²) in [5, 5.41) is 3.50. The van der Waals surface area contributed by atoms with Crippen LogP contribution < -0.4 is 15.0 Å². The Morgan fingerprint density at radius 3 is 2.45 bits per heavy atom. The summed E-state index contributed by atoms with van der Waals surface area (Å²) in [7, 11) is 1.63. The van der Waals surface area contributed by atoms with Gasteiger partial charge in [0, 0.05) is 11.4 Å². The predicted octanol–water partition coefficient (Wildman–Crippen LogP) is 3.89. The fourth-order valence-corrected chi connectivity index (χ4v) is 2.85. The number of hydrogen-bond acceptors (Lipinski definition) is 3. The summed E-state index contributed by atoms with van der Waals surface area (Å²) in [6.45, 7) is 4.12. The average Bonchev–Trinajstić information content (AvgIpc) is 2.55. The highest BCUT2D eigenvalue weighted by Gasteiger charge is 2.40. The summed E-state index contributed by atoms with van der Waals surface area (Å²) in [4.78, 5) is 14.8. The third-order valence-electron chi connectivity index (χ3n) is 4.28. The monoisotopic (exact) mass is 296 g/mol. The standard InChI is InChI=1S/C18H20N2O2/c1-4-18(2)19-16-8-6-5-7-15(16)17(21)20(18)13-9-11-14(22-3)12-10-13/h5-12,19H,4H2,1-3H3/t18-/m1/s1. The van der Waals surface area contributed by atoms with Gasteiger partial charge < -0.3 is 10.1 Å². The Kier molecular flexibility index (Phi) is 3.53. The van der Waals surface area contributed by atoms with Crippen molar-refractivity contribution in [2.45, 2.75) is 25.9 Å². The van der Waals surface area contributed by atoms with Crippen molar-refractivity contribution in [2.24, 2.45) is 0 Å². The summed E-state index contributed by atoms with van der Waals surface area (Å²) in [5.74, 6) is 0.795. The maximum atomic E-state index is 13.0. The largest absolute Gasteiger partial charge is 0.497 e. The molecule has 4 nitrogen and oxygen atoms in total. The SMILES string of the molecule is CC[C@]1(C)Nc2ccccc2C(=O)N1c1ccc(OC)cc1. The van der Waals surface area contributed by atoms with E-state index in [0.29, 0.717) is 5.56 Å². The third-order valence-corrected chi connectivity index (χ3v) is 4.28. The van der Waals surface area contributed by atoms with Crippen molar-refractivity contribution in [3.05, 3.63) is 54.1 Å². The summed E-state index contributed by atoms with van der Waals surface area (Å²) in [6.07, 6.45) is 0.791. The first-order valence-corrected chi connectivity index (χ1v) is 7.45. The molecule has 1 amide bonds. The lowest BCUT2D eigenvalue weighted by molar-refractivity contribution is 0.0956. The van der Waals surface area contributed by atoms with Crippen LogP contribution in [0.1, 0.15) is 30.6 Å². The molecule has 0 aromatic heterocycles. The zero-order valence-corrected chi connectivity index (χ0v) is 13.1. The molecule has 0 saturated carbocycles. The molecule has 2 aromatic rings. The summed E-state index contributed by atoms with van der Waals surface area (Å²) < 4.78 is 5.20. The molecule has 0 unspecified atom stereocenters. The Morgan fingerprint density at radius 1 is 1.14 bits per heavy atom. The number of benzene rings is 2. The fraction of sp³-hybridized carbons (Fsp3) is 0.278. The van der Waals surface area contributed by atoms with Gasteiger partial charge in [0.15, 0.2) is 0 Å². The molecule has 22 heavy (non-hydrogen) atoms. The molecule has 114 valence electrons. The van der Waals surface area contributed by atoms with Gasteiger partial charge >= 0.3 is 0 Å². The molecule has 0 saturated heterocycles. The Labute approximate surface area is 130 Å². The van der Waals surface area contributed by atoms with Crippen LogP contribution in [0.2, 0.25) is 0 Å². The molecule has 0 radical (unpaired) electrons. The van der Waals surface area contributed by atoms with Crippen LogP contribution in [-0.4, -0.2) is 18.7 Å². The van der Waals surface area contributed by atoms with E-state index in [1.54, 1.807) is 7.11 Å². The van der Waals surface area contributed by atoms with E-state index >= 15 is 0 Å². The van der Waals surface area contributed by atoms with Crippen molar-refractivity contribution in [3.63, 3.8) is 0 Å². The second kappa shape index (κ2) is 5.37. The van der Waals surface area contributed by atoms with Crippen LogP contribution in [0, 0.1) is 0 Å². The van der Waals surface area contributed by atoms with E-state index in [2.05, 4.69) is 12.2 Å². The first kappa shape index (κ1) is 14.4. The van der Waals surface area contributed by atoms with E-state index < -0.39 is 5.66 Å². The van der Waals surface area contributed by atoms with Crippen molar-refractivity contribution in [1.82, 2.24) is 0 Å². The topological polar surface area (TPSA) is 41.6 Å². The van der Waals surface area contributed by atoms with E-state index in [0.717, 1.165) is 23.5 Å². The van der Waals surface area contributed by atoms with Gasteiger partial charge in [0.05, 0.1) is 12.7 Å². The average molecular weight is 296 g/mol. The quantitative estimate of drug-likeness (QED) is 0.934. The van der Waals surface area contributed by atoms with Gasteiger partial charge in [0.25, 0.3) is 5.91 Å². The number of rotatable bonds is 3. The molecule has 1 aliphatic heterocycles. The van der Waals surface area contributed by atoms with E-state index in [1.807, 2.05) is 60.4 Å². The highest BCUT2D eigenvalue weighted by molar-refractivity contribution is 6.12. The molecule has 0 fully saturated rings. The maximum absolute atomic E-state index is 13.0. The van der Waals surface area contributed by atoms with Gasteiger partial charge in [-0.3, -0.25) is 9.69 Å². The number of methoxy groups -OCH3 is 1. The molecule has 0 aliphatic carbocycles. The van der Waals surface area contributed by atoms with Gasteiger partial charge in [-0.1, -0.05) is 19.1 Å². The lowest BCUT2D eigenvalue weighted by Crippen LogP contribution is -2.58. The van der Waals surface area contributed by atoms with E-state index in [1.165, 1.54) is 0 Å². The molecule has 0 bridgehead atoms. The number of carbonyl (C=O) groups excluding carboxylic acids is 1. The zero-order chi connectivity index (χ0) is 15.7. The van der Waals surface area contributed by atoms with Gasteiger partial charge in [0.2, 0.25) is 0 Å². The normalized spacial score (nSPS) is 20.3. The van der Waals surface area contributed by atoms with Gasteiger partial charge in [0.1, 0.15) is 11.4 Å². The van der Waals surface area contributed by atoms with Crippen LogP contribution in [0.4, 0.5) is 11.4 Å². The maximum Gasteiger partial charge on any atom is 0.262 e. The third kappa shape index (κ3) is 2.21. The van der Waals surface area contributed by atoms with Gasteiger partial charge in [-0.2, -0.15) is 0 Å². The predicted molar refractivity (Wildman–Crippen MR) is 88.6 cm³/mol. The Balaban J connectivity index is 2.09. The van der Waals surface area contributed by atoms with Crippen LogP contribution in [-0.2, 0) is 0 Å². The number of carbonyl (C=O) groups is 1.